The molecule has 0 bridgehead atoms. The average Bonchev–Trinajstić information content (AvgIpc) is 3.09. The number of thiophene rings is 1. The van der Waals surface area contributed by atoms with Crippen molar-refractivity contribution < 1.29 is 14.3 Å². The van der Waals surface area contributed by atoms with Gasteiger partial charge in [-0.25, -0.2) is 9.78 Å². The summed E-state index contributed by atoms with van der Waals surface area (Å²) in [7, 11) is 1.28. The molecule has 0 saturated carbocycles. The predicted octanol–water partition coefficient (Wildman–Crippen LogP) is 3.04. The molecule has 0 unspecified atom stereocenters. The maximum absolute atomic E-state index is 12.5. The lowest BCUT2D eigenvalue weighted by molar-refractivity contribution is -0.116. The highest BCUT2D eigenvalue weighted by molar-refractivity contribution is 9.10. The number of amides is 1. The van der Waals surface area contributed by atoms with Crippen LogP contribution in [0.4, 0.5) is 5.00 Å². The molecule has 134 valence electrons. The van der Waals surface area contributed by atoms with Crippen molar-refractivity contribution in [2.24, 2.45) is 0 Å². The minimum atomic E-state index is -0.512. The first-order valence-corrected chi connectivity index (χ1v) is 9.27. The molecule has 1 aromatic carbocycles. The topological polar surface area (TPSA) is 90.3 Å². The van der Waals surface area contributed by atoms with Gasteiger partial charge in [-0.2, -0.15) is 0 Å². The lowest BCUT2D eigenvalue weighted by Gasteiger charge is -2.08. The molecular weight excluding hydrogens is 422 g/mol. The van der Waals surface area contributed by atoms with Crippen LogP contribution in [0.15, 0.2) is 45.2 Å². The van der Waals surface area contributed by atoms with E-state index >= 15 is 0 Å². The van der Waals surface area contributed by atoms with Crippen molar-refractivity contribution in [3.05, 3.63) is 56.4 Å². The van der Waals surface area contributed by atoms with Gasteiger partial charge in [0.1, 0.15) is 5.00 Å². The van der Waals surface area contributed by atoms with Gasteiger partial charge >= 0.3 is 5.97 Å². The smallest absolute Gasteiger partial charge is 0.340 e. The van der Waals surface area contributed by atoms with Crippen molar-refractivity contribution in [1.82, 2.24) is 9.55 Å². The first-order valence-electron chi connectivity index (χ1n) is 7.60. The van der Waals surface area contributed by atoms with E-state index in [9.17, 15) is 14.4 Å². The fraction of sp³-hybridized carbons (Fsp3) is 0.176. The second-order valence-corrected chi connectivity index (χ2v) is 7.19. The number of aryl methyl sites for hydroxylation is 1. The Hall–Kier alpha value is -2.52. The molecule has 9 heteroatoms. The van der Waals surface area contributed by atoms with Gasteiger partial charge in [-0.3, -0.25) is 14.2 Å². The zero-order valence-electron chi connectivity index (χ0n) is 13.7. The Kier molecular flexibility index (Phi) is 5.48. The van der Waals surface area contributed by atoms with Gasteiger partial charge in [-0.05, 0) is 29.6 Å². The molecule has 0 fully saturated rings. The van der Waals surface area contributed by atoms with Gasteiger partial charge in [0.25, 0.3) is 5.56 Å². The highest BCUT2D eigenvalue weighted by Gasteiger charge is 2.15. The summed E-state index contributed by atoms with van der Waals surface area (Å²) in [5, 5.41) is 5.27. The van der Waals surface area contributed by atoms with Crippen molar-refractivity contribution in [2.75, 3.05) is 12.4 Å². The SMILES string of the molecule is COC(=O)c1ccsc1NC(=O)CCn1cnc2ccc(Br)cc2c1=O. The number of anilines is 1. The normalized spacial score (nSPS) is 10.7. The highest BCUT2D eigenvalue weighted by Crippen LogP contribution is 2.24. The Morgan fingerprint density at radius 1 is 1.35 bits per heavy atom. The van der Waals surface area contributed by atoms with E-state index in [4.69, 9.17) is 0 Å². The molecule has 3 aromatic rings. The number of methoxy groups -OCH3 is 1. The monoisotopic (exact) mass is 435 g/mol. The van der Waals surface area contributed by atoms with Crippen molar-refractivity contribution in [3.63, 3.8) is 0 Å². The zero-order chi connectivity index (χ0) is 18.7. The van der Waals surface area contributed by atoms with Crippen LogP contribution in [0, 0.1) is 0 Å². The van der Waals surface area contributed by atoms with Crippen molar-refractivity contribution in [1.29, 1.82) is 0 Å². The summed E-state index contributed by atoms with van der Waals surface area (Å²) in [5.74, 6) is -0.819. The van der Waals surface area contributed by atoms with Crippen LogP contribution in [0.25, 0.3) is 10.9 Å². The van der Waals surface area contributed by atoms with E-state index in [0.717, 1.165) is 4.47 Å². The third kappa shape index (κ3) is 3.83. The molecule has 2 aromatic heterocycles. The van der Waals surface area contributed by atoms with Crippen LogP contribution >= 0.6 is 27.3 Å². The van der Waals surface area contributed by atoms with Crippen LogP contribution in [-0.4, -0.2) is 28.5 Å². The van der Waals surface area contributed by atoms with E-state index in [1.54, 1.807) is 23.6 Å². The average molecular weight is 436 g/mol. The lowest BCUT2D eigenvalue weighted by Crippen LogP contribution is -2.23. The predicted molar refractivity (Wildman–Crippen MR) is 103 cm³/mol. The molecule has 1 amide bonds. The number of hydrogen-bond donors (Lipinski definition) is 1. The summed E-state index contributed by atoms with van der Waals surface area (Å²) in [6, 6.07) is 6.85. The number of esters is 1. The minimum absolute atomic E-state index is 0.0691. The number of halogens is 1. The van der Waals surface area contributed by atoms with E-state index in [-0.39, 0.29) is 24.4 Å². The number of aromatic nitrogens is 2. The number of hydrogen-bond acceptors (Lipinski definition) is 6. The number of rotatable bonds is 5. The quantitative estimate of drug-likeness (QED) is 0.621. The van der Waals surface area contributed by atoms with E-state index in [1.807, 2.05) is 6.07 Å². The Labute approximate surface area is 160 Å². The largest absolute Gasteiger partial charge is 0.465 e. The maximum atomic E-state index is 12.5. The maximum Gasteiger partial charge on any atom is 0.340 e. The van der Waals surface area contributed by atoms with Crippen molar-refractivity contribution in [3.8, 4) is 0 Å². The molecular formula is C17H14BrN3O4S. The van der Waals surface area contributed by atoms with Gasteiger partial charge in [0, 0.05) is 17.4 Å². The summed E-state index contributed by atoms with van der Waals surface area (Å²) in [6.45, 7) is 0.180. The molecule has 7 nitrogen and oxygen atoms in total. The number of carbonyl (C=O) groups is 2. The third-order valence-electron chi connectivity index (χ3n) is 3.69. The fourth-order valence-electron chi connectivity index (χ4n) is 2.38. The Morgan fingerprint density at radius 3 is 2.92 bits per heavy atom. The number of carbonyl (C=O) groups excluding carboxylic acids is 2. The van der Waals surface area contributed by atoms with Gasteiger partial charge in [0.15, 0.2) is 0 Å². The van der Waals surface area contributed by atoms with Gasteiger partial charge < -0.3 is 10.1 Å². The number of fused-ring (bicyclic) bond motifs is 1. The van der Waals surface area contributed by atoms with Crippen molar-refractivity contribution >= 4 is 55.0 Å². The number of nitrogens with zero attached hydrogens (tertiary/aromatic N) is 2. The van der Waals surface area contributed by atoms with Crippen LogP contribution in [0.5, 0.6) is 0 Å². The molecule has 2 heterocycles. The summed E-state index contributed by atoms with van der Waals surface area (Å²) >= 11 is 4.57. The van der Waals surface area contributed by atoms with Crippen LogP contribution in [0.2, 0.25) is 0 Å². The zero-order valence-corrected chi connectivity index (χ0v) is 16.1. The Bertz CT molecular complexity index is 1040. The molecule has 0 spiro atoms. The van der Waals surface area contributed by atoms with Gasteiger partial charge in [0.05, 0.1) is 29.9 Å². The summed E-state index contributed by atoms with van der Waals surface area (Å²) < 4.78 is 6.85. The molecule has 0 aliphatic heterocycles. The summed E-state index contributed by atoms with van der Waals surface area (Å²) in [5.41, 5.74) is 0.691. The van der Waals surface area contributed by atoms with Crippen LogP contribution in [0.1, 0.15) is 16.8 Å². The lowest BCUT2D eigenvalue weighted by atomic mass is 10.2. The van der Waals surface area contributed by atoms with Crippen molar-refractivity contribution in [2.45, 2.75) is 13.0 Å². The third-order valence-corrected chi connectivity index (χ3v) is 5.01. The summed E-state index contributed by atoms with van der Waals surface area (Å²) in [6.07, 6.45) is 1.50. The number of ether oxygens (including phenoxy) is 1. The van der Waals surface area contributed by atoms with E-state index in [0.29, 0.717) is 21.5 Å². The van der Waals surface area contributed by atoms with Gasteiger partial charge in [-0.1, -0.05) is 15.9 Å². The van der Waals surface area contributed by atoms with E-state index in [2.05, 4.69) is 31.0 Å². The molecule has 1 N–H and O–H groups in total. The molecule has 0 radical (unpaired) electrons. The second-order valence-electron chi connectivity index (χ2n) is 5.36. The van der Waals surface area contributed by atoms with Gasteiger partial charge in [-0.15, -0.1) is 11.3 Å². The molecule has 3 rings (SSSR count). The second kappa shape index (κ2) is 7.79. The van der Waals surface area contributed by atoms with Gasteiger partial charge in [0.2, 0.25) is 5.91 Å². The van der Waals surface area contributed by atoms with Crippen LogP contribution in [-0.2, 0) is 16.1 Å². The Balaban J connectivity index is 1.71. The van der Waals surface area contributed by atoms with Crippen LogP contribution in [0.3, 0.4) is 0 Å². The molecule has 0 aliphatic rings. The minimum Gasteiger partial charge on any atom is -0.465 e. The number of benzene rings is 1. The Morgan fingerprint density at radius 2 is 2.15 bits per heavy atom. The fourth-order valence-corrected chi connectivity index (χ4v) is 3.53. The molecule has 26 heavy (non-hydrogen) atoms. The number of nitrogens with one attached hydrogen (secondary N) is 1. The first-order chi connectivity index (χ1) is 12.5. The van der Waals surface area contributed by atoms with E-state index in [1.165, 1.54) is 29.3 Å². The van der Waals surface area contributed by atoms with Crippen LogP contribution < -0.4 is 10.9 Å². The molecule has 0 saturated heterocycles. The summed E-state index contributed by atoms with van der Waals surface area (Å²) in [4.78, 5) is 40.5. The molecule has 0 aliphatic carbocycles. The highest BCUT2D eigenvalue weighted by atomic mass is 79.9. The standard InChI is InChI=1S/C17H14BrN3O4S/c1-25-17(24)11-5-7-26-15(11)20-14(22)4-6-21-9-19-13-3-2-10(18)8-12(13)16(21)23/h2-3,5,7-9H,4,6H2,1H3,(H,20,22). The molecule has 0 atom stereocenters. The van der Waals surface area contributed by atoms with E-state index < -0.39 is 5.97 Å². The first kappa shape index (κ1) is 18.3.